The van der Waals surface area contributed by atoms with Gasteiger partial charge in [0.1, 0.15) is 10.6 Å². The van der Waals surface area contributed by atoms with Crippen LogP contribution >= 0.6 is 11.6 Å². The fourth-order valence-corrected chi connectivity index (χ4v) is 1.42. The van der Waals surface area contributed by atoms with Crippen molar-refractivity contribution < 1.29 is 9.53 Å². The highest BCUT2D eigenvalue weighted by Crippen LogP contribution is 2.29. The van der Waals surface area contributed by atoms with Crippen LogP contribution in [0.1, 0.15) is 25.8 Å². The van der Waals surface area contributed by atoms with E-state index in [1.54, 1.807) is 0 Å². The van der Waals surface area contributed by atoms with Crippen molar-refractivity contribution in [2.75, 3.05) is 0 Å². The van der Waals surface area contributed by atoms with Crippen LogP contribution in [0.3, 0.4) is 0 Å². The van der Waals surface area contributed by atoms with Gasteiger partial charge in [0.25, 0.3) is 0 Å². The first-order valence-electron chi connectivity index (χ1n) is 5.13. The molecule has 16 heavy (non-hydrogen) atoms. The summed E-state index contributed by atoms with van der Waals surface area (Å²) in [5, 5.41) is -0.101. The zero-order valence-electron chi connectivity index (χ0n) is 9.50. The fraction of sp³-hybridized carbons (Fsp3) is 0.308. The summed E-state index contributed by atoms with van der Waals surface area (Å²) in [6.45, 7) is 7.17. The van der Waals surface area contributed by atoms with Gasteiger partial charge in [-0.1, -0.05) is 55.4 Å². The second kappa shape index (κ2) is 5.17. The molecule has 0 aromatic heterocycles. The third-order valence-electron chi connectivity index (χ3n) is 2.60. The summed E-state index contributed by atoms with van der Waals surface area (Å²) in [6.07, 6.45) is 0.674. The summed E-state index contributed by atoms with van der Waals surface area (Å²) in [7, 11) is 0. The first-order valence-corrected chi connectivity index (χ1v) is 5.50. The first kappa shape index (κ1) is 12.8. The van der Waals surface area contributed by atoms with Crippen LogP contribution in [0.25, 0.3) is 0 Å². The number of benzene rings is 1. The Morgan fingerprint density at radius 1 is 1.44 bits per heavy atom. The van der Waals surface area contributed by atoms with Gasteiger partial charge in [0.15, 0.2) is 0 Å². The van der Waals surface area contributed by atoms with E-state index in [0.717, 1.165) is 5.56 Å². The highest BCUT2D eigenvalue weighted by atomic mass is 35.5. The van der Waals surface area contributed by atoms with Crippen molar-refractivity contribution in [3.8, 4) is 0 Å². The normalized spacial score (nSPS) is 13.9. The SMILES string of the molecule is C=C(Cl)C(=O)OC(C)(CC)c1ccccc1. The van der Waals surface area contributed by atoms with Crippen molar-refractivity contribution in [1.29, 1.82) is 0 Å². The molecule has 0 aliphatic heterocycles. The van der Waals surface area contributed by atoms with E-state index in [4.69, 9.17) is 16.3 Å². The van der Waals surface area contributed by atoms with E-state index in [-0.39, 0.29) is 5.03 Å². The maximum atomic E-state index is 11.4. The van der Waals surface area contributed by atoms with E-state index >= 15 is 0 Å². The largest absolute Gasteiger partial charge is 0.450 e. The van der Waals surface area contributed by atoms with Gasteiger partial charge in [-0.15, -0.1) is 0 Å². The monoisotopic (exact) mass is 238 g/mol. The predicted molar refractivity (Wildman–Crippen MR) is 65.2 cm³/mol. The number of ether oxygens (including phenoxy) is 1. The number of halogens is 1. The quantitative estimate of drug-likeness (QED) is 0.592. The Morgan fingerprint density at radius 3 is 2.44 bits per heavy atom. The molecule has 2 nitrogen and oxygen atoms in total. The summed E-state index contributed by atoms with van der Waals surface area (Å²) in [4.78, 5) is 11.4. The lowest BCUT2D eigenvalue weighted by Crippen LogP contribution is -2.28. The number of carbonyl (C=O) groups is 1. The standard InChI is InChI=1S/C13H15ClO2/c1-4-13(3,16-12(15)10(2)14)11-8-6-5-7-9-11/h5-9H,2,4H2,1,3H3. The van der Waals surface area contributed by atoms with E-state index in [2.05, 4.69) is 6.58 Å². The number of esters is 1. The topological polar surface area (TPSA) is 26.3 Å². The Bertz CT molecular complexity index is 386. The Hall–Kier alpha value is -1.28. The zero-order valence-corrected chi connectivity index (χ0v) is 10.3. The molecule has 1 rings (SSSR count). The van der Waals surface area contributed by atoms with Crippen LogP contribution in [0.4, 0.5) is 0 Å². The number of rotatable bonds is 4. The van der Waals surface area contributed by atoms with E-state index in [0.29, 0.717) is 6.42 Å². The summed E-state index contributed by atoms with van der Waals surface area (Å²) < 4.78 is 5.36. The minimum Gasteiger partial charge on any atom is -0.450 e. The Labute approximate surface area is 101 Å². The second-order valence-corrected chi connectivity index (χ2v) is 4.20. The minimum atomic E-state index is -0.657. The molecule has 0 heterocycles. The molecule has 0 radical (unpaired) electrons. The average molecular weight is 239 g/mol. The van der Waals surface area contributed by atoms with E-state index < -0.39 is 11.6 Å². The van der Waals surface area contributed by atoms with Gasteiger partial charge in [0.05, 0.1) is 0 Å². The van der Waals surface area contributed by atoms with Gasteiger partial charge in [-0.3, -0.25) is 0 Å². The third-order valence-corrected chi connectivity index (χ3v) is 2.75. The van der Waals surface area contributed by atoms with E-state index in [1.165, 1.54) is 0 Å². The smallest absolute Gasteiger partial charge is 0.350 e. The third kappa shape index (κ3) is 2.86. The molecule has 0 fully saturated rings. The molecule has 1 aromatic rings. The Balaban J connectivity index is 2.95. The van der Waals surface area contributed by atoms with Gasteiger partial charge >= 0.3 is 5.97 Å². The van der Waals surface area contributed by atoms with Crippen LogP contribution in [0.5, 0.6) is 0 Å². The van der Waals surface area contributed by atoms with Crippen LogP contribution in [0.15, 0.2) is 41.9 Å². The van der Waals surface area contributed by atoms with Crippen LogP contribution in [0.2, 0.25) is 0 Å². The zero-order chi connectivity index (χ0) is 12.2. The highest BCUT2D eigenvalue weighted by molar-refractivity contribution is 6.40. The van der Waals surface area contributed by atoms with Gasteiger partial charge in [-0.05, 0) is 18.9 Å². The second-order valence-electron chi connectivity index (χ2n) is 3.74. The van der Waals surface area contributed by atoms with Crippen molar-refractivity contribution in [2.24, 2.45) is 0 Å². The van der Waals surface area contributed by atoms with E-state index in [9.17, 15) is 4.79 Å². The molecule has 0 aliphatic rings. The van der Waals surface area contributed by atoms with Gasteiger partial charge in [0.2, 0.25) is 0 Å². The maximum Gasteiger partial charge on any atom is 0.350 e. The van der Waals surface area contributed by atoms with Crippen LogP contribution < -0.4 is 0 Å². The molecule has 0 saturated heterocycles. The molecule has 0 saturated carbocycles. The number of hydrogen-bond donors (Lipinski definition) is 0. The van der Waals surface area contributed by atoms with Crippen molar-refractivity contribution in [2.45, 2.75) is 25.9 Å². The first-order chi connectivity index (χ1) is 7.49. The van der Waals surface area contributed by atoms with Crippen molar-refractivity contribution in [1.82, 2.24) is 0 Å². The molecule has 1 unspecified atom stereocenters. The fourth-order valence-electron chi connectivity index (χ4n) is 1.39. The van der Waals surface area contributed by atoms with Gasteiger partial charge in [0, 0.05) is 0 Å². The molecule has 86 valence electrons. The molecule has 1 aromatic carbocycles. The Kier molecular flexibility index (Phi) is 4.13. The number of carbonyl (C=O) groups excluding carboxylic acids is 1. The Morgan fingerprint density at radius 2 is 2.00 bits per heavy atom. The van der Waals surface area contributed by atoms with Crippen molar-refractivity contribution >= 4 is 17.6 Å². The van der Waals surface area contributed by atoms with E-state index in [1.807, 2.05) is 44.2 Å². The molecular weight excluding hydrogens is 224 g/mol. The number of hydrogen-bond acceptors (Lipinski definition) is 2. The minimum absolute atomic E-state index is 0.101. The molecule has 0 spiro atoms. The molecule has 0 N–H and O–H groups in total. The summed E-state index contributed by atoms with van der Waals surface area (Å²) in [5.41, 5.74) is 0.291. The lowest BCUT2D eigenvalue weighted by Gasteiger charge is -2.28. The van der Waals surface area contributed by atoms with Crippen LogP contribution in [-0.2, 0) is 15.1 Å². The lowest BCUT2D eigenvalue weighted by atomic mass is 9.93. The summed E-state index contributed by atoms with van der Waals surface area (Å²) in [5.74, 6) is -0.574. The molecule has 0 bridgehead atoms. The molecule has 1 atom stereocenters. The molecule has 0 amide bonds. The highest BCUT2D eigenvalue weighted by Gasteiger charge is 2.29. The van der Waals surface area contributed by atoms with Crippen molar-refractivity contribution in [3.05, 3.63) is 47.5 Å². The molecule has 3 heteroatoms. The average Bonchev–Trinajstić information content (AvgIpc) is 2.29. The van der Waals surface area contributed by atoms with Crippen LogP contribution in [0, 0.1) is 0 Å². The summed E-state index contributed by atoms with van der Waals surface area (Å²) >= 11 is 5.51. The molecular formula is C13H15ClO2. The van der Waals surface area contributed by atoms with Gasteiger partial charge in [-0.25, -0.2) is 4.79 Å². The van der Waals surface area contributed by atoms with Crippen molar-refractivity contribution in [3.63, 3.8) is 0 Å². The lowest BCUT2D eigenvalue weighted by molar-refractivity contribution is -0.153. The van der Waals surface area contributed by atoms with Gasteiger partial charge in [-0.2, -0.15) is 0 Å². The maximum absolute atomic E-state index is 11.4. The summed E-state index contributed by atoms with van der Waals surface area (Å²) in [6, 6.07) is 9.59. The predicted octanol–water partition coefficient (Wildman–Crippen LogP) is 3.61. The van der Waals surface area contributed by atoms with Gasteiger partial charge < -0.3 is 4.74 Å². The van der Waals surface area contributed by atoms with Crippen LogP contribution in [-0.4, -0.2) is 5.97 Å². The molecule has 0 aliphatic carbocycles.